The first-order chi connectivity index (χ1) is 8.20. The van der Waals surface area contributed by atoms with Crippen LogP contribution in [0.2, 0.25) is 0 Å². The van der Waals surface area contributed by atoms with Gasteiger partial charge in [0.15, 0.2) is 0 Å². The van der Waals surface area contributed by atoms with Crippen LogP contribution in [0.25, 0.3) is 0 Å². The Kier molecular flexibility index (Phi) is 3.99. The first kappa shape index (κ1) is 12.4. The number of hydrogen-bond donors (Lipinski definition) is 2. The van der Waals surface area contributed by atoms with Crippen LogP contribution < -0.4 is 10.6 Å². The average molecular weight is 238 g/mol. The summed E-state index contributed by atoms with van der Waals surface area (Å²) in [5.41, 5.74) is 0. The molecule has 5 heteroatoms. The van der Waals surface area contributed by atoms with Crippen molar-refractivity contribution < 1.29 is 4.42 Å². The summed E-state index contributed by atoms with van der Waals surface area (Å²) in [6.07, 6.45) is 3.80. The van der Waals surface area contributed by atoms with E-state index in [-0.39, 0.29) is 0 Å². The zero-order valence-electron chi connectivity index (χ0n) is 10.9. The van der Waals surface area contributed by atoms with Crippen LogP contribution in [0.1, 0.15) is 39.0 Å². The molecule has 3 atom stereocenters. The van der Waals surface area contributed by atoms with E-state index in [1.54, 1.807) is 0 Å². The first-order valence-electron chi connectivity index (χ1n) is 6.44. The molecule has 2 rings (SSSR count). The molecule has 2 N–H and O–H groups in total. The third-order valence-corrected chi connectivity index (χ3v) is 3.81. The topological polar surface area (TPSA) is 63.0 Å². The van der Waals surface area contributed by atoms with Crippen LogP contribution in [0.3, 0.4) is 0 Å². The number of hydrogen-bond acceptors (Lipinski definition) is 5. The zero-order chi connectivity index (χ0) is 12.3. The van der Waals surface area contributed by atoms with Crippen molar-refractivity contribution in [2.75, 3.05) is 12.4 Å². The second kappa shape index (κ2) is 5.49. The molecule has 3 unspecified atom stereocenters. The van der Waals surface area contributed by atoms with Gasteiger partial charge in [-0.15, -0.1) is 5.10 Å². The Morgan fingerprint density at radius 3 is 2.88 bits per heavy atom. The summed E-state index contributed by atoms with van der Waals surface area (Å²) in [5.74, 6) is 2.05. The lowest BCUT2D eigenvalue weighted by Gasteiger charge is -2.33. The molecule has 1 aromatic heterocycles. The number of anilines is 1. The molecule has 1 saturated carbocycles. The molecule has 1 aliphatic carbocycles. The maximum atomic E-state index is 5.51. The summed E-state index contributed by atoms with van der Waals surface area (Å²) in [6, 6.07) is 1.02. The summed E-state index contributed by atoms with van der Waals surface area (Å²) in [4.78, 5) is 0. The highest BCUT2D eigenvalue weighted by molar-refractivity contribution is 5.20. The van der Waals surface area contributed by atoms with E-state index in [0.29, 0.717) is 30.4 Å². The molecular formula is C12H22N4O. The second-order valence-corrected chi connectivity index (χ2v) is 5.05. The molecule has 0 spiro atoms. The van der Waals surface area contributed by atoms with Gasteiger partial charge in [-0.2, -0.15) is 0 Å². The molecule has 1 aromatic rings. The summed E-state index contributed by atoms with van der Waals surface area (Å²) in [5, 5.41) is 14.4. The smallest absolute Gasteiger partial charge is 0.315 e. The van der Waals surface area contributed by atoms with Crippen molar-refractivity contribution in [2.45, 2.75) is 45.7 Å². The Bertz CT molecular complexity index is 352. The van der Waals surface area contributed by atoms with Gasteiger partial charge in [-0.3, -0.25) is 0 Å². The van der Waals surface area contributed by atoms with Crippen molar-refractivity contribution in [3.05, 3.63) is 5.89 Å². The third-order valence-electron chi connectivity index (χ3n) is 3.81. The van der Waals surface area contributed by atoms with Gasteiger partial charge in [0, 0.05) is 6.04 Å². The van der Waals surface area contributed by atoms with E-state index >= 15 is 0 Å². The SMILES string of the molecule is CNCc1nnc(NC2CCCC(C)C2C)o1. The fourth-order valence-electron chi connectivity index (χ4n) is 2.48. The van der Waals surface area contributed by atoms with Crippen molar-refractivity contribution in [1.82, 2.24) is 15.5 Å². The molecule has 0 aliphatic heterocycles. The van der Waals surface area contributed by atoms with Gasteiger partial charge in [0.25, 0.3) is 0 Å². The molecule has 96 valence electrons. The third kappa shape index (κ3) is 2.97. The fourth-order valence-corrected chi connectivity index (χ4v) is 2.48. The molecule has 0 aromatic carbocycles. The van der Waals surface area contributed by atoms with Gasteiger partial charge in [-0.1, -0.05) is 31.8 Å². The minimum atomic E-state index is 0.460. The van der Waals surface area contributed by atoms with Gasteiger partial charge in [0.1, 0.15) is 0 Å². The van der Waals surface area contributed by atoms with Gasteiger partial charge < -0.3 is 15.1 Å². The Labute approximate surface area is 102 Å². The van der Waals surface area contributed by atoms with Gasteiger partial charge in [0.2, 0.25) is 5.89 Å². The van der Waals surface area contributed by atoms with Crippen LogP contribution >= 0.6 is 0 Å². The van der Waals surface area contributed by atoms with Crippen LogP contribution in [-0.4, -0.2) is 23.3 Å². The molecule has 5 nitrogen and oxygen atoms in total. The van der Waals surface area contributed by atoms with E-state index < -0.39 is 0 Å². The molecule has 0 saturated heterocycles. The summed E-state index contributed by atoms with van der Waals surface area (Å²) >= 11 is 0. The minimum absolute atomic E-state index is 0.460. The monoisotopic (exact) mass is 238 g/mol. The van der Waals surface area contributed by atoms with E-state index in [1.807, 2.05) is 7.05 Å². The van der Waals surface area contributed by atoms with E-state index in [2.05, 4.69) is 34.7 Å². The number of nitrogens with zero attached hydrogens (tertiary/aromatic N) is 2. The minimum Gasteiger partial charge on any atom is -0.407 e. The molecule has 0 radical (unpaired) electrons. The van der Waals surface area contributed by atoms with Crippen LogP contribution in [0.4, 0.5) is 6.01 Å². The van der Waals surface area contributed by atoms with Crippen molar-refractivity contribution in [3.63, 3.8) is 0 Å². The maximum Gasteiger partial charge on any atom is 0.315 e. The predicted molar refractivity (Wildman–Crippen MR) is 66.7 cm³/mol. The lowest BCUT2D eigenvalue weighted by atomic mass is 9.78. The van der Waals surface area contributed by atoms with Crippen molar-refractivity contribution in [3.8, 4) is 0 Å². The highest BCUT2D eigenvalue weighted by atomic mass is 16.4. The Morgan fingerprint density at radius 2 is 2.12 bits per heavy atom. The molecule has 1 fully saturated rings. The molecule has 17 heavy (non-hydrogen) atoms. The van der Waals surface area contributed by atoms with Gasteiger partial charge in [-0.25, -0.2) is 0 Å². The van der Waals surface area contributed by atoms with Crippen LogP contribution in [-0.2, 0) is 6.54 Å². The summed E-state index contributed by atoms with van der Waals surface area (Å²) in [6.45, 7) is 5.23. The number of aromatic nitrogens is 2. The van der Waals surface area contributed by atoms with Crippen LogP contribution in [0.5, 0.6) is 0 Å². The summed E-state index contributed by atoms with van der Waals surface area (Å²) < 4.78 is 5.51. The van der Waals surface area contributed by atoms with Gasteiger partial charge >= 0.3 is 6.01 Å². The van der Waals surface area contributed by atoms with Gasteiger partial charge in [0.05, 0.1) is 6.54 Å². The van der Waals surface area contributed by atoms with Crippen LogP contribution in [0, 0.1) is 11.8 Å². The van der Waals surface area contributed by atoms with E-state index in [9.17, 15) is 0 Å². The zero-order valence-corrected chi connectivity index (χ0v) is 10.9. The lowest BCUT2D eigenvalue weighted by molar-refractivity contribution is 0.250. The largest absolute Gasteiger partial charge is 0.407 e. The van der Waals surface area contributed by atoms with Crippen molar-refractivity contribution in [2.24, 2.45) is 11.8 Å². The van der Waals surface area contributed by atoms with Gasteiger partial charge in [-0.05, 0) is 25.3 Å². The van der Waals surface area contributed by atoms with E-state index in [0.717, 1.165) is 5.92 Å². The quantitative estimate of drug-likeness (QED) is 0.840. The predicted octanol–water partition coefficient (Wildman–Crippen LogP) is 2.03. The Hall–Kier alpha value is -1.10. The molecule has 1 aliphatic rings. The number of nitrogens with one attached hydrogen (secondary N) is 2. The first-order valence-corrected chi connectivity index (χ1v) is 6.44. The molecule has 1 heterocycles. The standard InChI is InChI=1S/C12H22N4O/c1-8-5-4-6-10(9(8)2)14-12-16-15-11(17-12)7-13-3/h8-10,13H,4-7H2,1-3H3,(H,14,16). The molecule has 0 amide bonds. The average Bonchev–Trinajstić information content (AvgIpc) is 2.73. The van der Waals surface area contributed by atoms with Crippen molar-refractivity contribution >= 4 is 6.01 Å². The molecule has 0 bridgehead atoms. The Balaban J connectivity index is 1.94. The van der Waals surface area contributed by atoms with E-state index in [1.165, 1.54) is 19.3 Å². The van der Waals surface area contributed by atoms with E-state index in [4.69, 9.17) is 4.42 Å². The second-order valence-electron chi connectivity index (χ2n) is 5.05. The fraction of sp³-hybridized carbons (Fsp3) is 0.833. The highest BCUT2D eigenvalue weighted by Crippen LogP contribution is 2.31. The normalized spacial score (nSPS) is 29.2. The summed E-state index contributed by atoms with van der Waals surface area (Å²) in [7, 11) is 1.86. The molecular weight excluding hydrogens is 216 g/mol. The maximum absolute atomic E-state index is 5.51. The number of rotatable bonds is 4. The van der Waals surface area contributed by atoms with Crippen LogP contribution in [0.15, 0.2) is 4.42 Å². The highest BCUT2D eigenvalue weighted by Gasteiger charge is 2.27. The Morgan fingerprint density at radius 1 is 1.29 bits per heavy atom. The van der Waals surface area contributed by atoms with Crippen molar-refractivity contribution in [1.29, 1.82) is 0 Å². The lowest BCUT2D eigenvalue weighted by Crippen LogP contribution is -2.35.